The third-order valence-corrected chi connectivity index (χ3v) is 4.91. The average Bonchev–Trinajstić information content (AvgIpc) is 2.37. The first-order valence-corrected chi connectivity index (χ1v) is 8.18. The number of carbonyl (C=O) groups is 1. The lowest BCUT2D eigenvalue weighted by molar-refractivity contribution is -0.146. The standard InChI is InChI=1S/C12H23NO5S/c1-10(2)18-8-9-19(15,16)13-7-5-4-6-11(13)12(14)17-3/h10-11H,4-9H2,1-3H3. The van der Waals surface area contributed by atoms with Gasteiger partial charge >= 0.3 is 5.97 Å². The minimum absolute atomic E-state index is 0.00652. The van der Waals surface area contributed by atoms with Gasteiger partial charge in [0.2, 0.25) is 10.0 Å². The Morgan fingerprint density at radius 1 is 1.37 bits per heavy atom. The van der Waals surface area contributed by atoms with E-state index in [2.05, 4.69) is 4.74 Å². The molecule has 1 fully saturated rings. The summed E-state index contributed by atoms with van der Waals surface area (Å²) in [6, 6.07) is -0.678. The monoisotopic (exact) mass is 293 g/mol. The summed E-state index contributed by atoms with van der Waals surface area (Å²) in [5.74, 6) is -0.577. The van der Waals surface area contributed by atoms with E-state index in [1.165, 1.54) is 11.4 Å². The fraction of sp³-hybridized carbons (Fsp3) is 0.917. The Morgan fingerprint density at radius 2 is 2.05 bits per heavy atom. The molecule has 0 spiro atoms. The van der Waals surface area contributed by atoms with E-state index in [-0.39, 0.29) is 18.5 Å². The number of esters is 1. The van der Waals surface area contributed by atoms with Crippen LogP contribution in [0.1, 0.15) is 33.1 Å². The molecule has 0 N–H and O–H groups in total. The second-order valence-corrected chi connectivity index (χ2v) is 6.92. The van der Waals surface area contributed by atoms with Gasteiger partial charge in [-0.3, -0.25) is 4.79 Å². The largest absolute Gasteiger partial charge is 0.468 e. The van der Waals surface area contributed by atoms with Gasteiger partial charge in [-0.25, -0.2) is 8.42 Å². The maximum absolute atomic E-state index is 12.2. The Bertz CT molecular complexity index is 393. The third-order valence-electron chi connectivity index (χ3n) is 3.08. The lowest BCUT2D eigenvalue weighted by Crippen LogP contribution is -2.49. The summed E-state index contributed by atoms with van der Waals surface area (Å²) in [6.07, 6.45) is 2.14. The summed E-state index contributed by atoms with van der Waals surface area (Å²) in [6.45, 7) is 4.23. The summed E-state index contributed by atoms with van der Waals surface area (Å²) in [5, 5.41) is 0. The van der Waals surface area contributed by atoms with Gasteiger partial charge in [0.15, 0.2) is 0 Å². The van der Waals surface area contributed by atoms with E-state index in [1.54, 1.807) is 0 Å². The molecule has 0 bridgehead atoms. The van der Waals surface area contributed by atoms with E-state index in [4.69, 9.17) is 4.74 Å². The number of hydrogen-bond donors (Lipinski definition) is 0. The van der Waals surface area contributed by atoms with Crippen LogP contribution in [0.4, 0.5) is 0 Å². The predicted molar refractivity (Wildman–Crippen MR) is 71.2 cm³/mol. The van der Waals surface area contributed by atoms with Gasteiger partial charge in [-0.2, -0.15) is 4.31 Å². The SMILES string of the molecule is COC(=O)C1CCCCN1S(=O)(=O)CCOC(C)C. The maximum Gasteiger partial charge on any atom is 0.324 e. The first-order chi connectivity index (χ1) is 8.88. The molecule has 19 heavy (non-hydrogen) atoms. The van der Waals surface area contributed by atoms with Crippen molar-refractivity contribution in [2.45, 2.75) is 45.3 Å². The van der Waals surface area contributed by atoms with E-state index in [0.29, 0.717) is 13.0 Å². The minimum Gasteiger partial charge on any atom is -0.468 e. The molecular weight excluding hydrogens is 270 g/mol. The van der Waals surface area contributed by atoms with Crippen molar-refractivity contribution < 1.29 is 22.7 Å². The Morgan fingerprint density at radius 3 is 2.63 bits per heavy atom. The van der Waals surface area contributed by atoms with Crippen molar-refractivity contribution >= 4 is 16.0 Å². The van der Waals surface area contributed by atoms with Crippen LogP contribution in [-0.4, -0.2) is 56.9 Å². The van der Waals surface area contributed by atoms with Gasteiger partial charge in [-0.05, 0) is 33.1 Å². The molecule has 1 aliphatic heterocycles. The lowest BCUT2D eigenvalue weighted by atomic mass is 10.1. The molecule has 0 saturated carbocycles. The Hall–Kier alpha value is -0.660. The van der Waals surface area contributed by atoms with E-state index in [9.17, 15) is 13.2 Å². The maximum atomic E-state index is 12.2. The van der Waals surface area contributed by atoms with Crippen LogP contribution in [0.25, 0.3) is 0 Å². The molecule has 1 saturated heterocycles. The predicted octanol–water partition coefficient (Wildman–Crippen LogP) is 0.769. The highest BCUT2D eigenvalue weighted by molar-refractivity contribution is 7.89. The van der Waals surface area contributed by atoms with Gasteiger partial charge in [0.25, 0.3) is 0 Å². The lowest BCUT2D eigenvalue weighted by Gasteiger charge is -2.32. The molecular formula is C12H23NO5S. The Labute approximate surface area is 115 Å². The van der Waals surface area contributed by atoms with Crippen LogP contribution in [0.15, 0.2) is 0 Å². The molecule has 6 nitrogen and oxygen atoms in total. The van der Waals surface area contributed by atoms with Crippen molar-refractivity contribution in [3.63, 3.8) is 0 Å². The molecule has 1 atom stereocenters. The zero-order valence-electron chi connectivity index (χ0n) is 11.8. The summed E-state index contributed by atoms with van der Waals surface area (Å²) in [5.41, 5.74) is 0. The molecule has 0 radical (unpaired) electrons. The number of carbonyl (C=O) groups excluding carboxylic acids is 1. The molecule has 112 valence electrons. The molecule has 0 amide bonds. The molecule has 1 rings (SSSR count). The molecule has 0 aromatic carbocycles. The topological polar surface area (TPSA) is 72.9 Å². The molecule has 7 heteroatoms. The smallest absolute Gasteiger partial charge is 0.324 e. The number of piperidine rings is 1. The molecule has 1 heterocycles. The zero-order valence-corrected chi connectivity index (χ0v) is 12.6. The van der Waals surface area contributed by atoms with Crippen molar-refractivity contribution in [1.82, 2.24) is 4.31 Å². The van der Waals surface area contributed by atoms with Gasteiger partial charge in [0, 0.05) is 6.54 Å². The number of methoxy groups -OCH3 is 1. The first kappa shape index (κ1) is 16.4. The summed E-state index contributed by atoms with van der Waals surface area (Å²) < 4.78 is 35.7. The van der Waals surface area contributed by atoms with Crippen molar-refractivity contribution in [2.75, 3.05) is 26.0 Å². The second-order valence-electron chi connectivity index (χ2n) is 4.88. The molecule has 1 aliphatic rings. The van der Waals surface area contributed by atoms with E-state index in [1.807, 2.05) is 13.8 Å². The Balaban J connectivity index is 2.70. The van der Waals surface area contributed by atoms with Gasteiger partial charge in [-0.1, -0.05) is 0 Å². The minimum atomic E-state index is -3.48. The zero-order chi connectivity index (χ0) is 14.5. The van der Waals surface area contributed by atoms with E-state index >= 15 is 0 Å². The van der Waals surface area contributed by atoms with Crippen molar-refractivity contribution in [3.8, 4) is 0 Å². The molecule has 1 unspecified atom stereocenters. The summed E-state index contributed by atoms with van der Waals surface area (Å²) in [7, 11) is -2.19. The van der Waals surface area contributed by atoms with Crippen LogP contribution in [0.2, 0.25) is 0 Å². The molecule has 0 aliphatic carbocycles. The number of ether oxygens (including phenoxy) is 2. The average molecular weight is 293 g/mol. The van der Waals surface area contributed by atoms with Gasteiger partial charge in [0.1, 0.15) is 6.04 Å². The number of hydrogen-bond acceptors (Lipinski definition) is 5. The number of sulfonamides is 1. The third kappa shape index (κ3) is 4.74. The van der Waals surface area contributed by atoms with Crippen LogP contribution in [0, 0.1) is 0 Å². The fourth-order valence-electron chi connectivity index (χ4n) is 2.12. The van der Waals surface area contributed by atoms with Crippen molar-refractivity contribution in [1.29, 1.82) is 0 Å². The quantitative estimate of drug-likeness (QED) is 0.676. The van der Waals surface area contributed by atoms with Gasteiger partial charge in [-0.15, -0.1) is 0 Å². The van der Waals surface area contributed by atoms with E-state index in [0.717, 1.165) is 12.8 Å². The van der Waals surface area contributed by atoms with Crippen LogP contribution in [0.5, 0.6) is 0 Å². The van der Waals surface area contributed by atoms with E-state index < -0.39 is 22.0 Å². The number of rotatable bonds is 6. The van der Waals surface area contributed by atoms with Crippen LogP contribution in [-0.2, 0) is 24.3 Å². The molecule has 0 aromatic heterocycles. The summed E-state index contributed by atoms with van der Waals surface area (Å²) in [4.78, 5) is 11.6. The van der Waals surface area contributed by atoms with Gasteiger partial charge in [0.05, 0.1) is 25.6 Å². The second kappa shape index (κ2) is 7.21. The van der Waals surface area contributed by atoms with Crippen LogP contribution >= 0.6 is 0 Å². The van der Waals surface area contributed by atoms with Crippen molar-refractivity contribution in [3.05, 3.63) is 0 Å². The Kier molecular flexibility index (Phi) is 6.22. The highest BCUT2D eigenvalue weighted by atomic mass is 32.2. The first-order valence-electron chi connectivity index (χ1n) is 6.57. The normalized spacial score (nSPS) is 21.6. The van der Waals surface area contributed by atoms with Crippen LogP contribution in [0.3, 0.4) is 0 Å². The van der Waals surface area contributed by atoms with Crippen molar-refractivity contribution in [2.24, 2.45) is 0 Å². The fourth-order valence-corrected chi connectivity index (χ4v) is 3.64. The van der Waals surface area contributed by atoms with Gasteiger partial charge < -0.3 is 9.47 Å². The number of nitrogens with zero attached hydrogens (tertiary/aromatic N) is 1. The molecule has 0 aromatic rings. The highest BCUT2D eigenvalue weighted by Crippen LogP contribution is 2.21. The summed E-state index contributed by atoms with van der Waals surface area (Å²) >= 11 is 0. The van der Waals surface area contributed by atoms with Crippen LogP contribution < -0.4 is 0 Å². The highest BCUT2D eigenvalue weighted by Gasteiger charge is 2.37.